The molecule has 16 heavy (non-hydrogen) atoms. The van der Waals surface area contributed by atoms with E-state index in [0.717, 1.165) is 11.3 Å². The molecule has 5 heteroatoms. The molecular weight excluding hydrogens is 208 g/mol. The summed E-state index contributed by atoms with van der Waals surface area (Å²) >= 11 is 0. The predicted molar refractivity (Wildman–Crippen MR) is 57.5 cm³/mol. The van der Waals surface area contributed by atoms with Gasteiger partial charge in [-0.3, -0.25) is 9.78 Å². The minimum Gasteiger partial charge on any atom is -0.459 e. The van der Waals surface area contributed by atoms with Crippen molar-refractivity contribution in [2.24, 2.45) is 0 Å². The van der Waals surface area contributed by atoms with Gasteiger partial charge >= 0.3 is 11.9 Å². The molecule has 0 saturated carbocycles. The maximum absolute atomic E-state index is 11.2. The summed E-state index contributed by atoms with van der Waals surface area (Å²) in [7, 11) is 0. The smallest absolute Gasteiger partial charge is 0.396 e. The first-order valence-electron chi connectivity index (χ1n) is 5.00. The van der Waals surface area contributed by atoms with Gasteiger partial charge in [0.15, 0.2) is 0 Å². The molecule has 1 heterocycles. The van der Waals surface area contributed by atoms with Crippen LogP contribution in [0.2, 0.25) is 0 Å². The summed E-state index contributed by atoms with van der Waals surface area (Å²) in [6.45, 7) is 3.99. The normalized spacial score (nSPS) is 9.62. The Morgan fingerprint density at radius 3 is 2.75 bits per heavy atom. The molecule has 0 bridgehead atoms. The number of hydrogen-bond acceptors (Lipinski definition) is 4. The lowest BCUT2D eigenvalue weighted by Crippen LogP contribution is -2.32. The highest BCUT2D eigenvalue weighted by Gasteiger charge is 2.13. The van der Waals surface area contributed by atoms with E-state index in [1.807, 2.05) is 19.1 Å². The van der Waals surface area contributed by atoms with Gasteiger partial charge in [-0.15, -0.1) is 0 Å². The molecule has 5 nitrogen and oxygen atoms in total. The quantitative estimate of drug-likeness (QED) is 0.599. The Bertz CT molecular complexity index is 373. The summed E-state index contributed by atoms with van der Waals surface area (Å²) < 4.78 is 4.54. The summed E-state index contributed by atoms with van der Waals surface area (Å²) in [5.74, 6) is -1.59. The van der Waals surface area contributed by atoms with Gasteiger partial charge in [0.2, 0.25) is 0 Å². The largest absolute Gasteiger partial charge is 0.459 e. The van der Waals surface area contributed by atoms with E-state index in [9.17, 15) is 9.59 Å². The Kier molecular flexibility index (Phi) is 4.44. The highest BCUT2D eigenvalue weighted by Crippen LogP contribution is 1.98. The van der Waals surface area contributed by atoms with Crippen molar-refractivity contribution < 1.29 is 14.3 Å². The predicted octanol–water partition coefficient (Wildman–Crippen LogP) is 0.569. The lowest BCUT2D eigenvalue weighted by molar-refractivity contribution is -0.154. The van der Waals surface area contributed by atoms with Gasteiger partial charge in [-0.25, -0.2) is 4.79 Å². The van der Waals surface area contributed by atoms with Gasteiger partial charge in [-0.1, -0.05) is 6.07 Å². The summed E-state index contributed by atoms with van der Waals surface area (Å²) in [6.07, 6.45) is 1.65. The second kappa shape index (κ2) is 5.85. The van der Waals surface area contributed by atoms with E-state index >= 15 is 0 Å². The van der Waals surface area contributed by atoms with Crippen LogP contribution in [0.5, 0.6) is 0 Å². The highest BCUT2D eigenvalue weighted by atomic mass is 16.5. The van der Waals surface area contributed by atoms with Crippen LogP contribution < -0.4 is 5.32 Å². The Labute approximate surface area is 93.8 Å². The molecule has 1 rings (SSSR count). The fraction of sp³-hybridized carbons (Fsp3) is 0.364. The molecule has 0 atom stereocenters. The van der Waals surface area contributed by atoms with Crippen LogP contribution in [0.1, 0.15) is 18.2 Å². The molecule has 86 valence electrons. The van der Waals surface area contributed by atoms with Crippen LogP contribution in [0, 0.1) is 6.92 Å². The molecule has 0 aromatic carbocycles. The first-order valence-corrected chi connectivity index (χ1v) is 5.00. The number of nitrogens with one attached hydrogen (secondary N) is 1. The first kappa shape index (κ1) is 12.2. The van der Waals surface area contributed by atoms with E-state index in [1.165, 1.54) is 0 Å². The van der Waals surface area contributed by atoms with Crippen molar-refractivity contribution in [1.82, 2.24) is 10.3 Å². The number of pyridine rings is 1. The lowest BCUT2D eigenvalue weighted by Gasteiger charge is -2.04. The van der Waals surface area contributed by atoms with Crippen molar-refractivity contribution in [1.29, 1.82) is 0 Å². The van der Waals surface area contributed by atoms with E-state index in [2.05, 4.69) is 15.0 Å². The average molecular weight is 222 g/mol. The lowest BCUT2D eigenvalue weighted by atomic mass is 10.2. The molecule has 1 aromatic heterocycles. The molecule has 0 unspecified atom stereocenters. The Morgan fingerprint density at radius 2 is 2.19 bits per heavy atom. The molecule has 0 fully saturated rings. The van der Waals surface area contributed by atoms with Crippen molar-refractivity contribution in [3.8, 4) is 0 Å². The van der Waals surface area contributed by atoms with Gasteiger partial charge in [0.25, 0.3) is 0 Å². The number of carbonyl (C=O) groups is 2. The fourth-order valence-corrected chi connectivity index (χ4v) is 1.05. The molecule has 0 aliphatic heterocycles. The van der Waals surface area contributed by atoms with Gasteiger partial charge in [0.05, 0.1) is 6.61 Å². The Balaban J connectivity index is 2.42. The zero-order chi connectivity index (χ0) is 12.0. The number of esters is 1. The maximum atomic E-state index is 11.2. The summed E-state index contributed by atoms with van der Waals surface area (Å²) in [6, 6.07) is 3.68. The summed E-state index contributed by atoms with van der Waals surface area (Å²) in [5.41, 5.74) is 1.74. The van der Waals surface area contributed by atoms with Crippen molar-refractivity contribution in [3.63, 3.8) is 0 Å². The Morgan fingerprint density at radius 1 is 1.44 bits per heavy atom. The number of nitrogens with zero attached hydrogens (tertiary/aromatic N) is 1. The van der Waals surface area contributed by atoms with Crippen molar-refractivity contribution in [2.75, 3.05) is 6.61 Å². The van der Waals surface area contributed by atoms with Crippen LogP contribution in [-0.4, -0.2) is 23.5 Å². The van der Waals surface area contributed by atoms with E-state index in [-0.39, 0.29) is 13.2 Å². The van der Waals surface area contributed by atoms with Gasteiger partial charge < -0.3 is 10.1 Å². The average Bonchev–Trinajstić information content (AvgIpc) is 2.28. The van der Waals surface area contributed by atoms with Crippen molar-refractivity contribution in [3.05, 3.63) is 29.6 Å². The maximum Gasteiger partial charge on any atom is 0.396 e. The molecule has 1 aromatic rings. The van der Waals surface area contributed by atoms with E-state index in [4.69, 9.17) is 0 Å². The molecule has 1 N–H and O–H groups in total. The minimum absolute atomic E-state index is 0.193. The number of aromatic nitrogens is 1. The molecule has 0 aliphatic rings. The number of rotatable bonds is 3. The van der Waals surface area contributed by atoms with Gasteiger partial charge in [0, 0.05) is 18.4 Å². The highest BCUT2D eigenvalue weighted by molar-refractivity contribution is 6.32. The zero-order valence-corrected chi connectivity index (χ0v) is 9.32. The molecule has 0 radical (unpaired) electrons. The second-order valence-electron chi connectivity index (χ2n) is 3.21. The van der Waals surface area contributed by atoms with E-state index in [0.29, 0.717) is 0 Å². The Hall–Kier alpha value is -1.91. The number of aryl methyl sites for hydroxylation is 1. The first-order chi connectivity index (χ1) is 7.63. The van der Waals surface area contributed by atoms with E-state index < -0.39 is 11.9 Å². The molecule has 1 amide bonds. The molecule has 0 saturated heterocycles. The summed E-state index contributed by atoms with van der Waals surface area (Å²) in [4.78, 5) is 26.2. The minimum atomic E-state index is -0.859. The van der Waals surface area contributed by atoms with Crippen LogP contribution >= 0.6 is 0 Å². The zero-order valence-electron chi connectivity index (χ0n) is 9.32. The summed E-state index contributed by atoms with van der Waals surface area (Å²) in [5, 5.41) is 2.45. The van der Waals surface area contributed by atoms with Gasteiger partial charge in [-0.2, -0.15) is 0 Å². The number of amides is 1. The third kappa shape index (κ3) is 3.68. The van der Waals surface area contributed by atoms with Crippen molar-refractivity contribution in [2.45, 2.75) is 20.4 Å². The molecule has 0 aliphatic carbocycles. The standard InChI is InChI=1S/C11H14N2O3/c1-3-16-11(15)10(14)13-7-9-5-4-8(2)12-6-9/h4-6H,3,7H2,1-2H3,(H,13,14). The van der Waals surface area contributed by atoms with Gasteiger partial charge in [0.1, 0.15) is 0 Å². The third-order valence-electron chi connectivity index (χ3n) is 1.89. The molecular formula is C11H14N2O3. The second-order valence-corrected chi connectivity index (χ2v) is 3.21. The topological polar surface area (TPSA) is 68.3 Å². The van der Waals surface area contributed by atoms with E-state index in [1.54, 1.807) is 13.1 Å². The van der Waals surface area contributed by atoms with Crippen LogP contribution in [0.4, 0.5) is 0 Å². The third-order valence-corrected chi connectivity index (χ3v) is 1.89. The van der Waals surface area contributed by atoms with Crippen molar-refractivity contribution >= 4 is 11.9 Å². The number of hydrogen-bond donors (Lipinski definition) is 1. The van der Waals surface area contributed by atoms with Crippen LogP contribution in [0.15, 0.2) is 18.3 Å². The van der Waals surface area contributed by atoms with Crippen LogP contribution in [-0.2, 0) is 20.9 Å². The number of carbonyl (C=O) groups excluding carboxylic acids is 2. The monoisotopic (exact) mass is 222 g/mol. The fourth-order valence-electron chi connectivity index (χ4n) is 1.05. The SMILES string of the molecule is CCOC(=O)C(=O)NCc1ccc(C)nc1. The number of ether oxygens (including phenoxy) is 1. The van der Waals surface area contributed by atoms with Crippen LogP contribution in [0.3, 0.4) is 0 Å². The van der Waals surface area contributed by atoms with Gasteiger partial charge in [-0.05, 0) is 25.5 Å². The van der Waals surface area contributed by atoms with Crippen LogP contribution in [0.25, 0.3) is 0 Å². The molecule has 0 spiro atoms.